The Hall–Kier alpha value is -3.20. The van der Waals surface area contributed by atoms with Crippen LogP contribution in [0.25, 0.3) is 0 Å². The Bertz CT molecular complexity index is 1330. The molecular formula is C32H37ClN4O4. The number of hydrogen-bond donors (Lipinski definition) is 2. The molecule has 2 aromatic carbocycles. The van der Waals surface area contributed by atoms with Gasteiger partial charge >= 0.3 is 0 Å². The van der Waals surface area contributed by atoms with Crippen molar-refractivity contribution in [3.05, 3.63) is 77.3 Å². The first kappa shape index (κ1) is 27.9. The second kappa shape index (κ2) is 11.6. The number of amides is 3. The largest absolute Gasteiger partial charge is 0.359 e. The van der Waals surface area contributed by atoms with Gasteiger partial charge in [-0.05, 0) is 43.7 Å². The van der Waals surface area contributed by atoms with Crippen LogP contribution in [0, 0.1) is 11.8 Å². The molecule has 3 fully saturated rings. The van der Waals surface area contributed by atoms with Crippen molar-refractivity contribution in [1.82, 2.24) is 15.1 Å². The molecule has 2 aromatic rings. The predicted octanol–water partition coefficient (Wildman–Crippen LogP) is 4.01. The van der Waals surface area contributed by atoms with E-state index in [-0.39, 0.29) is 23.8 Å². The van der Waals surface area contributed by atoms with E-state index in [0.717, 1.165) is 32.2 Å². The quantitative estimate of drug-likeness (QED) is 0.440. The van der Waals surface area contributed by atoms with Crippen LogP contribution in [-0.2, 0) is 25.7 Å². The summed E-state index contributed by atoms with van der Waals surface area (Å²) in [7, 11) is 2.01. The van der Waals surface area contributed by atoms with Gasteiger partial charge in [0.05, 0.1) is 17.9 Å². The zero-order chi connectivity index (χ0) is 28.6. The minimum Gasteiger partial charge on any atom is -0.359 e. The van der Waals surface area contributed by atoms with Gasteiger partial charge in [0, 0.05) is 36.4 Å². The van der Waals surface area contributed by atoms with E-state index in [9.17, 15) is 14.4 Å². The van der Waals surface area contributed by atoms with Crippen LogP contribution in [0.15, 0.2) is 66.7 Å². The number of fused-ring (bicyclic) bond motifs is 1. The first-order valence-electron chi connectivity index (χ1n) is 14.6. The maximum absolute atomic E-state index is 14.2. The summed E-state index contributed by atoms with van der Waals surface area (Å²) in [6.07, 6.45) is 8.36. The highest BCUT2D eigenvalue weighted by Crippen LogP contribution is 2.55. The molecule has 0 radical (unpaired) electrons. The van der Waals surface area contributed by atoms with Gasteiger partial charge < -0.3 is 25.2 Å². The molecule has 5 unspecified atom stereocenters. The number of hydrogen-bond acceptors (Lipinski definition) is 5. The van der Waals surface area contributed by atoms with Gasteiger partial charge in [-0.2, -0.15) is 0 Å². The highest BCUT2D eigenvalue weighted by molar-refractivity contribution is 6.30. The Balaban J connectivity index is 1.25. The zero-order valence-electron chi connectivity index (χ0n) is 23.3. The Morgan fingerprint density at radius 1 is 1.07 bits per heavy atom. The molecular weight excluding hydrogens is 540 g/mol. The van der Waals surface area contributed by atoms with Crippen LogP contribution in [0.4, 0.5) is 5.69 Å². The number of benzene rings is 2. The van der Waals surface area contributed by atoms with Crippen molar-refractivity contribution in [3.63, 3.8) is 0 Å². The summed E-state index contributed by atoms with van der Waals surface area (Å²) < 4.78 is 6.47. The average molecular weight is 577 g/mol. The third kappa shape index (κ3) is 5.41. The molecule has 3 heterocycles. The smallest absolute Gasteiger partial charge is 0.246 e. The van der Waals surface area contributed by atoms with Crippen molar-refractivity contribution in [2.24, 2.45) is 11.8 Å². The molecule has 41 heavy (non-hydrogen) atoms. The van der Waals surface area contributed by atoms with Gasteiger partial charge in [-0.3, -0.25) is 14.4 Å². The van der Waals surface area contributed by atoms with E-state index in [2.05, 4.69) is 27.7 Å². The third-order valence-electron chi connectivity index (χ3n) is 8.99. The fraction of sp³-hybridized carbons (Fsp3) is 0.469. The van der Waals surface area contributed by atoms with Crippen molar-refractivity contribution in [1.29, 1.82) is 0 Å². The molecule has 0 aromatic heterocycles. The topological polar surface area (TPSA) is 91.0 Å². The van der Waals surface area contributed by atoms with E-state index in [1.807, 2.05) is 37.4 Å². The van der Waals surface area contributed by atoms with E-state index in [4.69, 9.17) is 16.3 Å². The van der Waals surface area contributed by atoms with Crippen LogP contribution in [0.3, 0.4) is 0 Å². The van der Waals surface area contributed by atoms with Gasteiger partial charge in [-0.15, -0.1) is 0 Å². The lowest BCUT2D eigenvalue weighted by Gasteiger charge is -2.34. The number of nitrogens with zero attached hydrogens (tertiary/aromatic N) is 2. The maximum atomic E-state index is 14.2. The predicted molar refractivity (Wildman–Crippen MR) is 157 cm³/mol. The van der Waals surface area contributed by atoms with Gasteiger partial charge in [-0.25, -0.2) is 0 Å². The van der Waals surface area contributed by atoms with E-state index in [1.54, 1.807) is 29.2 Å². The van der Waals surface area contributed by atoms with Gasteiger partial charge in [-0.1, -0.05) is 79.4 Å². The second-order valence-electron chi connectivity index (χ2n) is 11.8. The number of nitrogens with one attached hydrogen (secondary N) is 2. The second-order valence-corrected chi connectivity index (χ2v) is 12.2. The normalized spacial score (nSPS) is 28.8. The summed E-state index contributed by atoms with van der Waals surface area (Å²) in [4.78, 5) is 45.6. The average Bonchev–Trinajstić information content (AvgIpc) is 3.60. The van der Waals surface area contributed by atoms with Crippen molar-refractivity contribution in [2.75, 3.05) is 25.5 Å². The molecule has 3 aliphatic heterocycles. The number of halogens is 1. The molecule has 1 aliphatic carbocycles. The number of likely N-dealkylation sites (tertiary alicyclic amines) is 1. The molecule has 2 saturated heterocycles. The lowest BCUT2D eigenvalue weighted by molar-refractivity contribution is -0.141. The first-order chi connectivity index (χ1) is 19.9. The third-order valence-corrected chi connectivity index (χ3v) is 9.22. The number of carbonyl (C=O) groups is 3. The fourth-order valence-electron chi connectivity index (χ4n) is 7.08. The van der Waals surface area contributed by atoms with E-state index < -0.39 is 29.6 Å². The molecule has 9 heteroatoms. The number of likely N-dealkylation sites (N-methyl/N-ethyl adjacent to an activating group) is 1. The molecule has 1 spiro atoms. The number of anilines is 1. The Labute approximate surface area is 246 Å². The molecule has 2 bridgehead atoms. The van der Waals surface area contributed by atoms with Crippen molar-refractivity contribution in [2.45, 2.75) is 62.4 Å². The summed E-state index contributed by atoms with van der Waals surface area (Å²) in [5, 5.41) is 6.67. The lowest BCUT2D eigenvalue weighted by atomic mass is 9.74. The molecule has 4 aliphatic rings. The lowest BCUT2D eigenvalue weighted by Crippen LogP contribution is -2.57. The molecule has 1 saturated carbocycles. The minimum atomic E-state index is -1.17. The van der Waals surface area contributed by atoms with Crippen LogP contribution < -0.4 is 10.6 Å². The van der Waals surface area contributed by atoms with Gasteiger partial charge in [0.25, 0.3) is 0 Å². The standard InChI is InChI=1S/C32H37ClN4O4/c1-36(20-21-9-4-2-5-10-21)17-18-37-28(30(39)34-23-12-6-3-7-13-23)32-16-15-25(41-32)26(27(32)31(37)40)29(38)35-24-14-8-11-22(33)19-24/h2,4-5,8-11,14-16,19,23,25-28H,3,6-7,12-13,17-18,20H2,1H3,(H,34,39)(H,35,38). The number of ether oxygens (including phenoxy) is 1. The molecule has 5 atom stereocenters. The minimum absolute atomic E-state index is 0.0916. The van der Waals surface area contributed by atoms with Crippen LogP contribution in [-0.4, -0.2) is 71.4 Å². The maximum Gasteiger partial charge on any atom is 0.246 e. The van der Waals surface area contributed by atoms with Crippen LogP contribution >= 0.6 is 11.6 Å². The molecule has 8 nitrogen and oxygen atoms in total. The van der Waals surface area contributed by atoms with Crippen LogP contribution in [0.1, 0.15) is 37.7 Å². The Morgan fingerprint density at radius 3 is 2.61 bits per heavy atom. The summed E-state index contributed by atoms with van der Waals surface area (Å²) in [6, 6.07) is 16.3. The van der Waals surface area contributed by atoms with Crippen molar-refractivity contribution < 1.29 is 19.1 Å². The molecule has 3 amide bonds. The SMILES string of the molecule is CN(CCN1C(=O)C2C(C(=O)Nc3cccc(Cl)c3)C3C=CC2(O3)C1C(=O)NC1CCCCC1)Cc1ccccc1. The summed E-state index contributed by atoms with van der Waals surface area (Å²) in [5.41, 5.74) is 0.557. The van der Waals surface area contributed by atoms with Gasteiger partial charge in [0.2, 0.25) is 17.7 Å². The fourth-order valence-corrected chi connectivity index (χ4v) is 7.27. The van der Waals surface area contributed by atoms with Crippen LogP contribution in [0.5, 0.6) is 0 Å². The van der Waals surface area contributed by atoms with Gasteiger partial charge in [0.15, 0.2) is 0 Å². The van der Waals surface area contributed by atoms with Crippen molar-refractivity contribution in [3.8, 4) is 0 Å². The summed E-state index contributed by atoms with van der Waals surface area (Å²) in [6.45, 7) is 1.65. The zero-order valence-corrected chi connectivity index (χ0v) is 24.1. The monoisotopic (exact) mass is 576 g/mol. The van der Waals surface area contributed by atoms with E-state index in [0.29, 0.717) is 23.8 Å². The molecule has 2 N–H and O–H groups in total. The first-order valence-corrected chi connectivity index (χ1v) is 15.0. The van der Waals surface area contributed by atoms with E-state index >= 15 is 0 Å². The number of rotatable bonds is 9. The Morgan fingerprint density at radius 2 is 1.85 bits per heavy atom. The number of carbonyl (C=O) groups excluding carboxylic acids is 3. The molecule has 6 rings (SSSR count). The van der Waals surface area contributed by atoms with E-state index in [1.165, 1.54) is 12.0 Å². The summed E-state index contributed by atoms with van der Waals surface area (Å²) >= 11 is 6.13. The summed E-state index contributed by atoms with van der Waals surface area (Å²) in [5.74, 6) is -2.24. The van der Waals surface area contributed by atoms with Crippen molar-refractivity contribution >= 4 is 35.0 Å². The van der Waals surface area contributed by atoms with Crippen LogP contribution in [0.2, 0.25) is 5.02 Å². The molecule has 216 valence electrons. The highest BCUT2D eigenvalue weighted by Gasteiger charge is 2.72. The van der Waals surface area contributed by atoms with Gasteiger partial charge in [0.1, 0.15) is 11.6 Å². The Kier molecular flexibility index (Phi) is 7.90. The highest BCUT2D eigenvalue weighted by atomic mass is 35.5.